The molecule has 2 aromatic heterocycles. The Hall–Kier alpha value is -2.21. The van der Waals surface area contributed by atoms with Crippen molar-refractivity contribution in [2.75, 3.05) is 0 Å². The molecule has 0 fully saturated rings. The number of amides is 1. The molecule has 1 aromatic carbocycles. The third-order valence-electron chi connectivity index (χ3n) is 3.45. The average Bonchev–Trinajstić information content (AvgIpc) is 3.03. The number of thiazole rings is 1. The van der Waals surface area contributed by atoms with Gasteiger partial charge in [-0.25, -0.2) is 4.98 Å². The number of nitrogens with zero attached hydrogens (tertiary/aromatic N) is 2. The normalized spacial score (nSPS) is 11.0. The molecular weight excluding hydrogens is 298 g/mol. The second kappa shape index (κ2) is 5.88. The number of carbonyl (C=O) groups excluding carboxylic acids is 1. The van der Waals surface area contributed by atoms with E-state index in [0.29, 0.717) is 12.2 Å². The van der Waals surface area contributed by atoms with Crippen LogP contribution in [0.1, 0.15) is 27.5 Å². The maximum Gasteiger partial charge on any atom is 0.226 e. The van der Waals surface area contributed by atoms with Crippen LogP contribution >= 0.6 is 11.3 Å². The number of hydrogen-bond donors (Lipinski definition) is 1. The van der Waals surface area contributed by atoms with Crippen LogP contribution < -0.4 is 5.32 Å². The molecule has 6 heteroatoms. The van der Waals surface area contributed by atoms with Gasteiger partial charge < -0.3 is 9.84 Å². The third-order valence-corrected chi connectivity index (χ3v) is 4.27. The van der Waals surface area contributed by atoms with Gasteiger partial charge in [-0.1, -0.05) is 11.2 Å². The van der Waals surface area contributed by atoms with Gasteiger partial charge >= 0.3 is 0 Å². The fraction of sp³-hybridized carbons (Fsp3) is 0.312. The number of carbonyl (C=O) groups is 1. The van der Waals surface area contributed by atoms with Crippen LogP contribution in [0.5, 0.6) is 0 Å². The minimum atomic E-state index is -0.0826. The van der Waals surface area contributed by atoms with Gasteiger partial charge in [-0.15, -0.1) is 11.3 Å². The molecule has 0 aliphatic heterocycles. The highest BCUT2D eigenvalue weighted by Crippen LogP contribution is 2.24. The molecule has 0 spiro atoms. The van der Waals surface area contributed by atoms with E-state index in [9.17, 15) is 4.79 Å². The topological polar surface area (TPSA) is 68.0 Å². The predicted octanol–water partition coefficient (Wildman–Crippen LogP) is 3.07. The van der Waals surface area contributed by atoms with Gasteiger partial charge in [0.1, 0.15) is 5.69 Å². The second-order valence-corrected chi connectivity index (χ2v) is 6.46. The quantitative estimate of drug-likeness (QED) is 0.803. The molecule has 0 aliphatic rings. The molecule has 2 heterocycles. The Labute approximate surface area is 132 Å². The molecule has 1 N–H and O–H groups in total. The Balaban J connectivity index is 1.71. The summed E-state index contributed by atoms with van der Waals surface area (Å²) in [6.45, 7) is 6.41. The molecular formula is C16H17N3O2S. The summed E-state index contributed by atoms with van der Waals surface area (Å²) in [4.78, 5) is 16.4. The van der Waals surface area contributed by atoms with Crippen molar-refractivity contribution >= 4 is 28.2 Å². The van der Waals surface area contributed by atoms with Crippen LogP contribution in [0.3, 0.4) is 0 Å². The number of fused-ring (bicyclic) bond motifs is 1. The van der Waals surface area contributed by atoms with Gasteiger partial charge in [0, 0.05) is 10.8 Å². The zero-order valence-electron chi connectivity index (χ0n) is 12.8. The first-order valence-electron chi connectivity index (χ1n) is 7.06. The number of nitrogens with one attached hydrogen (secondary N) is 1. The van der Waals surface area contributed by atoms with Gasteiger partial charge in [-0.2, -0.15) is 0 Å². The lowest BCUT2D eigenvalue weighted by atomic mass is 10.0. The SMILES string of the molecule is Cc1cc(C)c2c(CC(=O)NCc3csc(C)n3)noc2c1. The highest BCUT2D eigenvalue weighted by Gasteiger charge is 2.15. The van der Waals surface area contributed by atoms with Crippen LogP contribution in [0.15, 0.2) is 22.0 Å². The summed E-state index contributed by atoms with van der Waals surface area (Å²) in [6, 6.07) is 4.01. The molecule has 1 amide bonds. The van der Waals surface area contributed by atoms with E-state index >= 15 is 0 Å². The van der Waals surface area contributed by atoms with Crippen molar-refractivity contribution in [3.8, 4) is 0 Å². The summed E-state index contributed by atoms with van der Waals surface area (Å²) >= 11 is 1.58. The predicted molar refractivity (Wildman–Crippen MR) is 85.9 cm³/mol. The number of hydrogen-bond acceptors (Lipinski definition) is 5. The van der Waals surface area contributed by atoms with E-state index in [-0.39, 0.29) is 12.3 Å². The molecule has 114 valence electrons. The largest absolute Gasteiger partial charge is 0.356 e. The van der Waals surface area contributed by atoms with E-state index < -0.39 is 0 Å². The molecule has 0 saturated carbocycles. The van der Waals surface area contributed by atoms with Crippen LogP contribution in [-0.2, 0) is 17.8 Å². The van der Waals surface area contributed by atoms with Gasteiger partial charge in [0.15, 0.2) is 5.58 Å². The minimum absolute atomic E-state index is 0.0826. The number of benzene rings is 1. The Kier molecular flexibility index (Phi) is 3.94. The van der Waals surface area contributed by atoms with Gasteiger partial charge in [-0.3, -0.25) is 4.79 Å². The summed E-state index contributed by atoms with van der Waals surface area (Å²) in [5.74, 6) is -0.0826. The van der Waals surface area contributed by atoms with Crippen molar-refractivity contribution in [1.82, 2.24) is 15.5 Å². The summed E-state index contributed by atoms with van der Waals surface area (Å²) in [5.41, 5.74) is 4.49. The smallest absolute Gasteiger partial charge is 0.226 e. The highest BCUT2D eigenvalue weighted by atomic mass is 32.1. The fourth-order valence-corrected chi connectivity index (χ4v) is 3.15. The lowest BCUT2D eigenvalue weighted by Gasteiger charge is -2.03. The van der Waals surface area contributed by atoms with E-state index in [1.165, 1.54) is 0 Å². The first kappa shape index (κ1) is 14.7. The van der Waals surface area contributed by atoms with Crippen molar-refractivity contribution in [2.24, 2.45) is 0 Å². The van der Waals surface area contributed by atoms with Crippen molar-refractivity contribution in [3.63, 3.8) is 0 Å². The summed E-state index contributed by atoms with van der Waals surface area (Å²) < 4.78 is 5.34. The van der Waals surface area contributed by atoms with Gasteiger partial charge in [0.25, 0.3) is 0 Å². The Morgan fingerprint density at radius 3 is 2.86 bits per heavy atom. The molecule has 0 bridgehead atoms. The fourth-order valence-electron chi connectivity index (χ4n) is 2.53. The van der Waals surface area contributed by atoms with Crippen molar-refractivity contribution in [1.29, 1.82) is 0 Å². The lowest BCUT2D eigenvalue weighted by molar-refractivity contribution is -0.120. The number of rotatable bonds is 4. The van der Waals surface area contributed by atoms with E-state index in [2.05, 4.69) is 21.5 Å². The maximum atomic E-state index is 12.1. The minimum Gasteiger partial charge on any atom is -0.356 e. The van der Waals surface area contributed by atoms with Crippen molar-refractivity contribution < 1.29 is 9.32 Å². The number of aromatic nitrogens is 2. The van der Waals surface area contributed by atoms with E-state index in [1.54, 1.807) is 11.3 Å². The molecule has 5 nitrogen and oxygen atoms in total. The second-order valence-electron chi connectivity index (χ2n) is 5.40. The Morgan fingerprint density at radius 2 is 2.14 bits per heavy atom. The van der Waals surface area contributed by atoms with Crippen LogP contribution in [0.2, 0.25) is 0 Å². The molecule has 3 rings (SSSR count). The average molecular weight is 315 g/mol. The maximum absolute atomic E-state index is 12.1. The van der Waals surface area contributed by atoms with E-state index in [0.717, 1.165) is 32.8 Å². The van der Waals surface area contributed by atoms with Gasteiger partial charge in [-0.05, 0) is 38.0 Å². The molecule has 22 heavy (non-hydrogen) atoms. The number of aryl methyl sites for hydroxylation is 3. The lowest BCUT2D eigenvalue weighted by Crippen LogP contribution is -2.24. The van der Waals surface area contributed by atoms with Crippen LogP contribution in [0.4, 0.5) is 0 Å². The van der Waals surface area contributed by atoms with Crippen molar-refractivity contribution in [2.45, 2.75) is 33.7 Å². The molecule has 0 aliphatic carbocycles. The monoisotopic (exact) mass is 315 g/mol. The van der Waals surface area contributed by atoms with E-state index in [4.69, 9.17) is 4.52 Å². The van der Waals surface area contributed by atoms with Gasteiger partial charge in [0.05, 0.1) is 23.7 Å². The van der Waals surface area contributed by atoms with Crippen LogP contribution in [0.25, 0.3) is 11.0 Å². The summed E-state index contributed by atoms with van der Waals surface area (Å²) in [5, 5.41) is 10.8. The molecule has 0 saturated heterocycles. The first-order valence-corrected chi connectivity index (χ1v) is 7.94. The molecule has 0 radical (unpaired) electrons. The third kappa shape index (κ3) is 3.01. The zero-order valence-corrected chi connectivity index (χ0v) is 13.6. The Morgan fingerprint density at radius 1 is 1.32 bits per heavy atom. The van der Waals surface area contributed by atoms with Crippen LogP contribution in [0, 0.1) is 20.8 Å². The Bertz CT molecular complexity index is 835. The summed E-state index contributed by atoms with van der Waals surface area (Å²) in [7, 11) is 0. The van der Waals surface area contributed by atoms with Crippen LogP contribution in [-0.4, -0.2) is 16.0 Å². The van der Waals surface area contributed by atoms with Gasteiger partial charge in [0.2, 0.25) is 5.91 Å². The summed E-state index contributed by atoms with van der Waals surface area (Å²) in [6.07, 6.45) is 0.208. The molecule has 0 unspecified atom stereocenters. The zero-order chi connectivity index (χ0) is 15.7. The first-order chi connectivity index (χ1) is 10.5. The molecule has 0 atom stereocenters. The highest BCUT2D eigenvalue weighted by molar-refractivity contribution is 7.09. The standard InChI is InChI=1S/C16H17N3O2S/c1-9-4-10(2)16-13(19-21-14(16)5-9)6-15(20)17-7-12-8-22-11(3)18-12/h4-5,8H,6-7H2,1-3H3,(H,17,20). The van der Waals surface area contributed by atoms with E-state index in [1.807, 2.05) is 32.2 Å². The molecule has 3 aromatic rings. The van der Waals surface area contributed by atoms with Crippen molar-refractivity contribution in [3.05, 3.63) is 45.0 Å².